The number of benzene rings is 2. The molecule has 1 nitrogen and oxygen atoms in total. The van der Waals surface area contributed by atoms with E-state index in [-0.39, 0.29) is 5.82 Å². The molecule has 3 rings (SSSR count). The van der Waals surface area contributed by atoms with Crippen molar-refractivity contribution in [2.45, 2.75) is 0 Å². The number of pyridine rings is 1. The van der Waals surface area contributed by atoms with E-state index in [0.29, 0.717) is 5.56 Å². The Labute approximate surface area is 111 Å². The van der Waals surface area contributed by atoms with Crippen LogP contribution in [0, 0.1) is 5.82 Å². The molecule has 0 aliphatic heterocycles. The second-order valence-corrected chi connectivity index (χ2v) is 4.27. The van der Waals surface area contributed by atoms with Crippen LogP contribution >= 0.6 is 0 Å². The number of hydrogen-bond donors (Lipinski definition) is 0. The van der Waals surface area contributed by atoms with E-state index in [1.807, 2.05) is 42.5 Å². The summed E-state index contributed by atoms with van der Waals surface area (Å²) in [5.74, 6) is -0.217. The zero-order valence-electron chi connectivity index (χ0n) is 10.3. The molecule has 0 spiro atoms. The monoisotopic (exact) mass is 249 g/mol. The zero-order valence-corrected chi connectivity index (χ0v) is 10.3. The fourth-order valence-electron chi connectivity index (χ4n) is 2.16. The number of hydrogen-bond acceptors (Lipinski definition) is 1. The van der Waals surface area contributed by atoms with Crippen LogP contribution in [-0.2, 0) is 0 Å². The molecule has 92 valence electrons. The van der Waals surface area contributed by atoms with E-state index >= 15 is 0 Å². The molecule has 1 aromatic heterocycles. The van der Waals surface area contributed by atoms with Crippen molar-refractivity contribution >= 4 is 0 Å². The molecule has 0 saturated carbocycles. The summed E-state index contributed by atoms with van der Waals surface area (Å²) in [5.41, 5.74) is 3.44. The summed E-state index contributed by atoms with van der Waals surface area (Å²) >= 11 is 0. The molecule has 0 aliphatic carbocycles. The van der Waals surface area contributed by atoms with E-state index in [0.717, 1.165) is 16.7 Å². The molecular weight excluding hydrogens is 237 g/mol. The summed E-state index contributed by atoms with van der Waals surface area (Å²) < 4.78 is 14.0. The molecule has 3 aromatic rings. The summed E-state index contributed by atoms with van der Waals surface area (Å²) in [5, 5.41) is 0. The minimum atomic E-state index is -0.217. The predicted molar refractivity (Wildman–Crippen MR) is 75.1 cm³/mol. The molecule has 0 N–H and O–H groups in total. The molecule has 0 bridgehead atoms. The lowest BCUT2D eigenvalue weighted by atomic mass is 9.96. The van der Waals surface area contributed by atoms with Gasteiger partial charge in [0.15, 0.2) is 0 Å². The van der Waals surface area contributed by atoms with Gasteiger partial charge in [0.25, 0.3) is 0 Å². The average Bonchev–Trinajstić information content (AvgIpc) is 2.49. The normalized spacial score (nSPS) is 10.4. The molecule has 0 radical (unpaired) electrons. The topological polar surface area (TPSA) is 12.9 Å². The molecular formula is C17H12FN. The molecule has 0 saturated heterocycles. The molecule has 1 heterocycles. The van der Waals surface area contributed by atoms with Crippen molar-refractivity contribution in [3.8, 4) is 22.3 Å². The van der Waals surface area contributed by atoms with Crippen molar-refractivity contribution in [1.29, 1.82) is 0 Å². The van der Waals surface area contributed by atoms with Gasteiger partial charge in [-0.05, 0) is 23.3 Å². The SMILES string of the molecule is Fc1ccccc1-c1ccncc1-c1ccccc1. The van der Waals surface area contributed by atoms with Crippen LogP contribution in [-0.4, -0.2) is 4.98 Å². The average molecular weight is 249 g/mol. The Hall–Kier alpha value is -2.48. The predicted octanol–water partition coefficient (Wildman–Crippen LogP) is 4.55. The highest BCUT2D eigenvalue weighted by Crippen LogP contribution is 2.32. The molecule has 19 heavy (non-hydrogen) atoms. The van der Waals surface area contributed by atoms with Gasteiger partial charge in [-0.2, -0.15) is 0 Å². The Bertz CT molecular complexity index is 692. The van der Waals surface area contributed by atoms with E-state index in [4.69, 9.17) is 0 Å². The Morgan fingerprint density at radius 2 is 1.42 bits per heavy atom. The molecule has 2 aromatic carbocycles. The molecule has 0 fully saturated rings. The molecule has 0 unspecified atom stereocenters. The molecule has 2 heteroatoms. The third-order valence-electron chi connectivity index (χ3n) is 3.07. The van der Waals surface area contributed by atoms with Crippen molar-refractivity contribution in [3.63, 3.8) is 0 Å². The van der Waals surface area contributed by atoms with Crippen LogP contribution in [0.2, 0.25) is 0 Å². The van der Waals surface area contributed by atoms with Crippen molar-refractivity contribution in [1.82, 2.24) is 4.98 Å². The third-order valence-corrected chi connectivity index (χ3v) is 3.07. The van der Waals surface area contributed by atoms with Crippen LogP contribution in [0.25, 0.3) is 22.3 Å². The number of halogens is 1. The van der Waals surface area contributed by atoms with Gasteiger partial charge in [0.1, 0.15) is 5.82 Å². The first-order chi connectivity index (χ1) is 9.36. The first-order valence-electron chi connectivity index (χ1n) is 6.10. The summed E-state index contributed by atoms with van der Waals surface area (Å²) in [6.07, 6.45) is 3.46. The lowest BCUT2D eigenvalue weighted by Crippen LogP contribution is -1.89. The van der Waals surface area contributed by atoms with Gasteiger partial charge in [-0.15, -0.1) is 0 Å². The Balaban J connectivity index is 2.21. The maximum absolute atomic E-state index is 14.0. The highest BCUT2D eigenvalue weighted by molar-refractivity contribution is 5.82. The lowest BCUT2D eigenvalue weighted by molar-refractivity contribution is 0.631. The van der Waals surface area contributed by atoms with Crippen LogP contribution in [0.15, 0.2) is 73.1 Å². The Morgan fingerprint density at radius 1 is 0.684 bits per heavy atom. The van der Waals surface area contributed by atoms with E-state index < -0.39 is 0 Å². The summed E-state index contributed by atoms with van der Waals surface area (Å²) in [7, 11) is 0. The van der Waals surface area contributed by atoms with Gasteiger partial charge in [-0.1, -0.05) is 48.5 Å². The first kappa shape index (κ1) is 11.6. The fourth-order valence-corrected chi connectivity index (χ4v) is 2.16. The lowest BCUT2D eigenvalue weighted by Gasteiger charge is -2.10. The Kier molecular flexibility index (Phi) is 3.07. The second-order valence-electron chi connectivity index (χ2n) is 4.27. The Morgan fingerprint density at radius 3 is 2.21 bits per heavy atom. The highest BCUT2D eigenvalue weighted by atomic mass is 19.1. The highest BCUT2D eigenvalue weighted by Gasteiger charge is 2.10. The van der Waals surface area contributed by atoms with Crippen LogP contribution in [0.1, 0.15) is 0 Å². The quantitative estimate of drug-likeness (QED) is 0.649. The summed E-state index contributed by atoms with van der Waals surface area (Å²) in [4.78, 5) is 4.15. The smallest absolute Gasteiger partial charge is 0.131 e. The van der Waals surface area contributed by atoms with Gasteiger partial charge >= 0.3 is 0 Å². The first-order valence-corrected chi connectivity index (χ1v) is 6.10. The van der Waals surface area contributed by atoms with Crippen LogP contribution in [0.5, 0.6) is 0 Å². The standard InChI is InChI=1S/C17H12FN/c18-17-9-5-4-8-15(17)14-10-11-19-12-16(14)13-6-2-1-3-7-13/h1-12H. The van der Waals surface area contributed by atoms with Gasteiger partial charge in [0.05, 0.1) is 0 Å². The van der Waals surface area contributed by atoms with Crippen LogP contribution in [0.3, 0.4) is 0 Å². The van der Waals surface area contributed by atoms with E-state index in [1.54, 1.807) is 24.5 Å². The van der Waals surface area contributed by atoms with Crippen molar-refractivity contribution in [2.75, 3.05) is 0 Å². The largest absolute Gasteiger partial charge is 0.264 e. The number of aromatic nitrogens is 1. The van der Waals surface area contributed by atoms with Crippen molar-refractivity contribution in [3.05, 3.63) is 78.9 Å². The maximum Gasteiger partial charge on any atom is 0.131 e. The minimum Gasteiger partial charge on any atom is -0.264 e. The minimum absolute atomic E-state index is 0.217. The van der Waals surface area contributed by atoms with Crippen molar-refractivity contribution < 1.29 is 4.39 Å². The molecule has 0 atom stereocenters. The van der Waals surface area contributed by atoms with E-state index in [9.17, 15) is 4.39 Å². The third kappa shape index (κ3) is 2.25. The number of nitrogens with zero attached hydrogens (tertiary/aromatic N) is 1. The van der Waals surface area contributed by atoms with Gasteiger partial charge in [0, 0.05) is 23.5 Å². The van der Waals surface area contributed by atoms with Gasteiger partial charge in [-0.25, -0.2) is 4.39 Å². The van der Waals surface area contributed by atoms with E-state index in [1.165, 1.54) is 6.07 Å². The summed E-state index contributed by atoms with van der Waals surface area (Å²) in [6, 6.07) is 18.5. The van der Waals surface area contributed by atoms with Gasteiger partial charge in [0.2, 0.25) is 0 Å². The maximum atomic E-state index is 14.0. The summed E-state index contributed by atoms with van der Waals surface area (Å²) in [6.45, 7) is 0. The zero-order chi connectivity index (χ0) is 13.1. The fraction of sp³-hybridized carbons (Fsp3) is 0. The van der Waals surface area contributed by atoms with Crippen LogP contribution in [0.4, 0.5) is 4.39 Å². The van der Waals surface area contributed by atoms with Crippen LogP contribution < -0.4 is 0 Å². The molecule has 0 aliphatic rings. The van der Waals surface area contributed by atoms with Crippen molar-refractivity contribution in [2.24, 2.45) is 0 Å². The van der Waals surface area contributed by atoms with Gasteiger partial charge in [-0.3, -0.25) is 4.98 Å². The van der Waals surface area contributed by atoms with Gasteiger partial charge < -0.3 is 0 Å². The number of rotatable bonds is 2. The van der Waals surface area contributed by atoms with E-state index in [2.05, 4.69) is 4.98 Å². The molecule has 0 amide bonds. The second kappa shape index (κ2) is 5.02.